The monoisotopic (exact) mass is 260 g/mol. The molecular formula is C10H10Cl2N2S. The van der Waals surface area contributed by atoms with Gasteiger partial charge < -0.3 is 0 Å². The van der Waals surface area contributed by atoms with Gasteiger partial charge in [-0.2, -0.15) is 0 Å². The van der Waals surface area contributed by atoms with Crippen molar-refractivity contribution >= 4 is 45.0 Å². The molecule has 0 saturated carbocycles. The molecule has 0 atom stereocenters. The van der Waals surface area contributed by atoms with Crippen molar-refractivity contribution in [2.75, 3.05) is 0 Å². The average molecular weight is 261 g/mol. The lowest BCUT2D eigenvalue weighted by atomic mass is 10.0. The number of aromatic nitrogens is 2. The van der Waals surface area contributed by atoms with Crippen molar-refractivity contribution < 1.29 is 0 Å². The van der Waals surface area contributed by atoms with E-state index >= 15 is 0 Å². The maximum Gasteiger partial charge on any atom is 0.126 e. The first-order valence-electron chi connectivity index (χ1n) is 4.81. The first kappa shape index (κ1) is 11.1. The van der Waals surface area contributed by atoms with Crippen LogP contribution in [0.15, 0.2) is 0 Å². The van der Waals surface area contributed by atoms with Gasteiger partial charge in [0, 0.05) is 0 Å². The summed E-state index contributed by atoms with van der Waals surface area (Å²) in [5.41, 5.74) is 2.97. The molecule has 0 N–H and O–H groups in total. The van der Waals surface area contributed by atoms with Crippen LogP contribution in [0.1, 0.15) is 25.0 Å². The van der Waals surface area contributed by atoms with Crippen LogP contribution in [-0.2, 0) is 12.8 Å². The fraction of sp³-hybridized carbons (Fsp3) is 0.400. The number of benzene rings is 1. The molecule has 0 aliphatic heterocycles. The summed E-state index contributed by atoms with van der Waals surface area (Å²) in [5.74, 6) is 0. The second kappa shape index (κ2) is 4.24. The number of nitrogens with zero attached hydrogens (tertiary/aromatic N) is 2. The van der Waals surface area contributed by atoms with Gasteiger partial charge in [0.15, 0.2) is 0 Å². The highest BCUT2D eigenvalue weighted by atomic mass is 35.5. The fourth-order valence-corrected chi connectivity index (χ4v) is 3.27. The summed E-state index contributed by atoms with van der Waals surface area (Å²) in [5, 5.41) is 5.49. The molecule has 0 spiro atoms. The second-order valence-corrected chi connectivity index (χ2v) is 4.75. The maximum absolute atomic E-state index is 6.31. The Labute approximate surface area is 102 Å². The summed E-state index contributed by atoms with van der Waals surface area (Å²) in [6.07, 6.45) is 1.75. The molecule has 15 heavy (non-hydrogen) atoms. The molecule has 0 bridgehead atoms. The van der Waals surface area contributed by atoms with Gasteiger partial charge in [0.1, 0.15) is 5.52 Å². The minimum atomic E-state index is 0.711. The van der Waals surface area contributed by atoms with Crippen molar-refractivity contribution in [3.05, 3.63) is 21.2 Å². The van der Waals surface area contributed by atoms with E-state index in [4.69, 9.17) is 23.2 Å². The van der Waals surface area contributed by atoms with Gasteiger partial charge in [-0.3, -0.25) is 0 Å². The minimum Gasteiger partial charge on any atom is -0.136 e. The predicted molar refractivity (Wildman–Crippen MR) is 66.2 cm³/mol. The fourth-order valence-electron chi connectivity index (χ4n) is 1.76. The van der Waals surface area contributed by atoms with Crippen LogP contribution in [0.4, 0.5) is 0 Å². The van der Waals surface area contributed by atoms with E-state index in [1.165, 1.54) is 11.5 Å². The Balaban J connectivity index is 2.90. The molecule has 0 fully saturated rings. The summed E-state index contributed by atoms with van der Waals surface area (Å²) in [6.45, 7) is 4.15. The molecule has 80 valence electrons. The molecule has 0 aliphatic carbocycles. The third-order valence-electron chi connectivity index (χ3n) is 2.50. The van der Waals surface area contributed by atoms with Crippen molar-refractivity contribution in [3.63, 3.8) is 0 Å². The third-order valence-corrected chi connectivity index (χ3v) is 4.18. The SMILES string of the molecule is CCc1c(CC)c(Cl)c2snnc2c1Cl. The van der Waals surface area contributed by atoms with Crippen LogP contribution in [0.3, 0.4) is 0 Å². The topological polar surface area (TPSA) is 25.8 Å². The standard InChI is InChI=1S/C10H10Cl2N2S/c1-3-5-6(4-2)8(12)10-9(7(5)11)13-14-15-10/h3-4H2,1-2H3. The maximum atomic E-state index is 6.31. The highest BCUT2D eigenvalue weighted by molar-refractivity contribution is 7.13. The smallest absolute Gasteiger partial charge is 0.126 e. The lowest BCUT2D eigenvalue weighted by molar-refractivity contribution is 1.04. The lowest BCUT2D eigenvalue weighted by Gasteiger charge is -2.10. The molecule has 0 radical (unpaired) electrons. The van der Waals surface area contributed by atoms with Crippen molar-refractivity contribution in [1.29, 1.82) is 0 Å². The first-order valence-corrected chi connectivity index (χ1v) is 6.34. The Hall–Kier alpha value is -0.380. The minimum absolute atomic E-state index is 0.711. The molecule has 0 unspecified atom stereocenters. The van der Waals surface area contributed by atoms with E-state index in [1.807, 2.05) is 0 Å². The number of rotatable bonds is 2. The largest absolute Gasteiger partial charge is 0.136 e. The molecule has 2 nitrogen and oxygen atoms in total. The Morgan fingerprint density at radius 2 is 1.67 bits per heavy atom. The van der Waals surface area contributed by atoms with Gasteiger partial charge >= 0.3 is 0 Å². The number of fused-ring (bicyclic) bond motifs is 1. The molecular weight excluding hydrogens is 251 g/mol. The number of hydrogen-bond donors (Lipinski definition) is 0. The zero-order valence-corrected chi connectivity index (χ0v) is 10.8. The zero-order valence-electron chi connectivity index (χ0n) is 8.47. The van der Waals surface area contributed by atoms with Crippen LogP contribution in [-0.4, -0.2) is 9.59 Å². The van der Waals surface area contributed by atoms with Crippen molar-refractivity contribution in [2.45, 2.75) is 26.7 Å². The van der Waals surface area contributed by atoms with Gasteiger partial charge in [0.2, 0.25) is 0 Å². The van der Waals surface area contributed by atoms with E-state index in [2.05, 4.69) is 23.4 Å². The van der Waals surface area contributed by atoms with Crippen LogP contribution in [0, 0.1) is 0 Å². The third kappa shape index (κ3) is 1.63. The van der Waals surface area contributed by atoms with Gasteiger partial charge in [-0.05, 0) is 35.5 Å². The Bertz CT molecular complexity index is 464. The van der Waals surface area contributed by atoms with Gasteiger partial charge in [-0.1, -0.05) is 41.5 Å². The van der Waals surface area contributed by atoms with E-state index in [9.17, 15) is 0 Å². The molecule has 0 aliphatic rings. The summed E-state index contributed by atoms with van der Waals surface area (Å²) in [7, 11) is 0. The van der Waals surface area contributed by atoms with Crippen molar-refractivity contribution in [1.82, 2.24) is 9.59 Å². The molecule has 0 amide bonds. The average Bonchev–Trinajstić information content (AvgIpc) is 2.72. The highest BCUT2D eigenvalue weighted by Crippen LogP contribution is 2.38. The lowest BCUT2D eigenvalue weighted by Crippen LogP contribution is -1.95. The zero-order chi connectivity index (χ0) is 11.0. The van der Waals surface area contributed by atoms with Crippen LogP contribution >= 0.6 is 34.7 Å². The van der Waals surface area contributed by atoms with Gasteiger partial charge in [-0.15, -0.1) is 5.10 Å². The number of hydrogen-bond acceptors (Lipinski definition) is 3. The van der Waals surface area contributed by atoms with Gasteiger partial charge in [0.05, 0.1) is 14.7 Å². The highest BCUT2D eigenvalue weighted by Gasteiger charge is 2.17. The summed E-state index contributed by atoms with van der Waals surface area (Å²) in [6, 6.07) is 0. The second-order valence-electron chi connectivity index (χ2n) is 3.24. The molecule has 0 saturated heterocycles. The van der Waals surface area contributed by atoms with E-state index in [-0.39, 0.29) is 0 Å². The Morgan fingerprint density at radius 1 is 1.07 bits per heavy atom. The Morgan fingerprint density at radius 3 is 2.27 bits per heavy atom. The molecule has 1 aromatic carbocycles. The summed E-state index contributed by atoms with van der Waals surface area (Å²) < 4.78 is 4.80. The van der Waals surface area contributed by atoms with Crippen molar-refractivity contribution in [3.8, 4) is 0 Å². The molecule has 1 aromatic heterocycles. The molecule has 1 heterocycles. The number of halogens is 2. The van der Waals surface area contributed by atoms with E-state index in [1.54, 1.807) is 0 Å². The summed E-state index contributed by atoms with van der Waals surface area (Å²) in [4.78, 5) is 0. The molecule has 5 heteroatoms. The van der Waals surface area contributed by atoms with Crippen LogP contribution in [0.25, 0.3) is 10.2 Å². The van der Waals surface area contributed by atoms with Crippen LogP contribution in [0.5, 0.6) is 0 Å². The van der Waals surface area contributed by atoms with Crippen molar-refractivity contribution in [2.24, 2.45) is 0 Å². The predicted octanol–water partition coefficient (Wildman–Crippen LogP) is 4.12. The van der Waals surface area contributed by atoms with Crippen LogP contribution in [0.2, 0.25) is 10.0 Å². The van der Waals surface area contributed by atoms with E-state index < -0.39 is 0 Å². The summed E-state index contributed by atoms with van der Waals surface area (Å²) >= 11 is 13.9. The normalized spacial score (nSPS) is 11.2. The molecule has 2 rings (SSSR count). The van der Waals surface area contributed by atoms with Crippen LogP contribution < -0.4 is 0 Å². The molecule has 2 aromatic rings. The Kier molecular flexibility index (Phi) is 3.14. The van der Waals surface area contributed by atoms with Gasteiger partial charge in [-0.25, -0.2) is 0 Å². The quantitative estimate of drug-likeness (QED) is 0.812. The van der Waals surface area contributed by atoms with E-state index in [0.29, 0.717) is 5.02 Å². The first-order chi connectivity index (χ1) is 7.20. The van der Waals surface area contributed by atoms with Gasteiger partial charge in [0.25, 0.3) is 0 Å². The van der Waals surface area contributed by atoms with E-state index in [0.717, 1.165) is 39.2 Å².